The number of carbonyl (C=O) groups excluding carboxylic acids is 1. The Balaban J connectivity index is 1.10. The summed E-state index contributed by atoms with van der Waals surface area (Å²) < 4.78 is 11.5. The summed E-state index contributed by atoms with van der Waals surface area (Å²) in [5.74, 6) is 0.645. The average molecular weight is 479 g/mol. The van der Waals surface area contributed by atoms with Gasteiger partial charge in [0.25, 0.3) is 0 Å². The number of rotatable bonds is 11. The van der Waals surface area contributed by atoms with Gasteiger partial charge >= 0.3 is 0 Å². The van der Waals surface area contributed by atoms with Crippen molar-refractivity contribution in [1.29, 1.82) is 0 Å². The van der Waals surface area contributed by atoms with Crippen LogP contribution < -0.4 is 21.1 Å². The molecule has 4 N–H and O–H groups in total. The van der Waals surface area contributed by atoms with Crippen molar-refractivity contribution in [2.24, 2.45) is 5.92 Å². The molecule has 7 nitrogen and oxygen atoms in total. The number of para-hydroxylation sites is 1. The minimum Gasteiger partial charge on any atom is -0.493 e. The highest BCUT2D eigenvalue weighted by Gasteiger charge is 2.45. The van der Waals surface area contributed by atoms with Crippen LogP contribution in [0.25, 0.3) is 0 Å². The van der Waals surface area contributed by atoms with Gasteiger partial charge in [0.15, 0.2) is 10.9 Å². The number of thiazole rings is 1. The van der Waals surface area contributed by atoms with Crippen LogP contribution in [0.3, 0.4) is 0 Å². The Kier molecular flexibility index (Phi) is 6.80. The summed E-state index contributed by atoms with van der Waals surface area (Å²) in [5, 5.41) is 9.72. The molecule has 2 aliphatic heterocycles. The van der Waals surface area contributed by atoms with Crippen LogP contribution in [0.1, 0.15) is 24.1 Å². The number of aldehydes is 1. The number of benzene rings is 2. The number of anilines is 2. The van der Waals surface area contributed by atoms with Gasteiger partial charge in [-0.2, -0.15) is 0 Å². The van der Waals surface area contributed by atoms with Crippen LogP contribution in [0, 0.1) is 5.92 Å². The van der Waals surface area contributed by atoms with Crippen molar-refractivity contribution >= 4 is 28.4 Å². The second-order valence-corrected chi connectivity index (χ2v) is 10.0. The highest BCUT2D eigenvalue weighted by molar-refractivity contribution is 7.13. The first-order valence-corrected chi connectivity index (χ1v) is 12.6. The molecule has 2 saturated heterocycles. The molecule has 4 unspecified atom stereocenters. The molecule has 2 aliphatic rings. The molecule has 0 radical (unpaired) electrons. The van der Waals surface area contributed by atoms with Gasteiger partial charge in [-0.25, -0.2) is 4.98 Å². The van der Waals surface area contributed by atoms with E-state index in [9.17, 15) is 4.79 Å². The summed E-state index contributed by atoms with van der Waals surface area (Å²) >= 11 is 1.45. The lowest BCUT2D eigenvalue weighted by molar-refractivity contribution is -0.112. The number of carbonyl (C=O) groups is 1. The van der Waals surface area contributed by atoms with Crippen molar-refractivity contribution in [3.05, 3.63) is 71.2 Å². The highest BCUT2D eigenvalue weighted by atomic mass is 32.1. The van der Waals surface area contributed by atoms with Crippen LogP contribution in [0.15, 0.2) is 60.0 Å². The number of hydrogen-bond acceptors (Lipinski definition) is 8. The third kappa shape index (κ3) is 5.75. The zero-order valence-electron chi connectivity index (χ0n) is 19.0. The minimum atomic E-state index is -0.381. The molecule has 0 saturated carbocycles. The Hall–Kier alpha value is -2.94. The molecule has 2 fully saturated rings. The molecule has 0 amide bonds. The van der Waals surface area contributed by atoms with Gasteiger partial charge in [0, 0.05) is 29.6 Å². The smallest absolute Gasteiger partial charge is 0.180 e. The molecule has 4 atom stereocenters. The van der Waals surface area contributed by atoms with Crippen LogP contribution in [-0.2, 0) is 22.4 Å². The maximum absolute atomic E-state index is 11.7. The lowest BCUT2D eigenvalue weighted by Gasteiger charge is -2.20. The zero-order valence-corrected chi connectivity index (χ0v) is 19.8. The molecule has 2 aromatic carbocycles. The fourth-order valence-corrected chi connectivity index (χ4v) is 5.14. The molecule has 5 rings (SSSR count). The first-order valence-electron chi connectivity index (χ1n) is 11.7. The van der Waals surface area contributed by atoms with E-state index in [1.165, 1.54) is 16.9 Å². The quantitative estimate of drug-likeness (QED) is 0.286. The molecule has 0 spiro atoms. The van der Waals surface area contributed by atoms with E-state index in [0.717, 1.165) is 42.7 Å². The fourth-order valence-electron chi connectivity index (χ4n) is 4.58. The van der Waals surface area contributed by atoms with Crippen molar-refractivity contribution in [3.63, 3.8) is 0 Å². The average Bonchev–Trinajstić information content (AvgIpc) is 3.22. The van der Waals surface area contributed by atoms with E-state index in [1.54, 1.807) is 0 Å². The zero-order chi connectivity index (χ0) is 23.4. The molecule has 8 heteroatoms. The predicted octanol–water partition coefficient (Wildman–Crippen LogP) is 3.66. The first-order chi connectivity index (χ1) is 16.6. The lowest BCUT2D eigenvalue weighted by atomic mass is 10.0. The van der Waals surface area contributed by atoms with Crippen molar-refractivity contribution < 1.29 is 14.3 Å². The molecule has 0 bridgehead atoms. The van der Waals surface area contributed by atoms with E-state index >= 15 is 0 Å². The van der Waals surface area contributed by atoms with Crippen LogP contribution >= 0.6 is 11.3 Å². The van der Waals surface area contributed by atoms with Crippen molar-refractivity contribution in [1.82, 2.24) is 10.3 Å². The van der Waals surface area contributed by atoms with Crippen molar-refractivity contribution in [3.8, 4) is 5.75 Å². The number of nitrogens with two attached hydrogens (primary N) is 1. The first kappa shape index (κ1) is 22.8. The Morgan fingerprint density at radius 1 is 1.24 bits per heavy atom. The maximum atomic E-state index is 11.7. The van der Waals surface area contributed by atoms with Crippen LogP contribution in [0.2, 0.25) is 0 Å². The van der Waals surface area contributed by atoms with Gasteiger partial charge in [-0.05, 0) is 49.1 Å². The number of hydrogen-bond donors (Lipinski definition) is 3. The SMILES string of the molecule is Nc1nc(CC2(Nc3ccc(CC4CCC(C(C=O)COc5ccccc5)N4)cc3)CO2)cs1. The Morgan fingerprint density at radius 2 is 2.03 bits per heavy atom. The Labute approximate surface area is 203 Å². The van der Waals surface area contributed by atoms with E-state index in [-0.39, 0.29) is 17.7 Å². The van der Waals surface area contributed by atoms with Gasteiger partial charge < -0.3 is 30.6 Å². The monoisotopic (exact) mass is 478 g/mol. The second-order valence-electron chi connectivity index (χ2n) is 9.13. The summed E-state index contributed by atoms with van der Waals surface area (Å²) in [4.78, 5) is 16.0. The van der Waals surface area contributed by atoms with Crippen molar-refractivity contribution in [2.45, 2.75) is 43.5 Å². The Morgan fingerprint density at radius 3 is 2.71 bits per heavy atom. The number of nitrogens with zero attached hydrogens (tertiary/aromatic N) is 1. The normalized spacial score (nSPS) is 24.5. The number of epoxide rings is 1. The molecule has 3 heterocycles. The number of nitrogens with one attached hydrogen (secondary N) is 2. The van der Waals surface area contributed by atoms with Gasteiger partial charge in [-0.1, -0.05) is 30.3 Å². The van der Waals surface area contributed by atoms with Gasteiger partial charge in [-0.3, -0.25) is 0 Å². The molecular formula is C26H30N4O3S. The number of ether oxygens (including phenoxy) is 2. The van der Waals surface area contributed by atoms with Gasteiger partial charge in [-0.15, -0.1) is 11.3 Å². The summed E-state index contributed by atoms with van der Waals surface area (Å²) in [7, 11) is 0. The summed E-state index contributed by atoms with van der Waals surface area (Å²) in [6.07, 6.45) is 4.68. The van der Waals surface area contributed by atoms with Gasteiger partial charge in [0.2, 0.25) is 0 Å². The fraction of sp³-hybridized carbons (Fsp3) is 0.385. The molecule has 178 valence electrons. The van der Waals surface area contributed by atoms with E-state index < -0.39 is 0 Å². The summed E-state index contributed by atoms with van der Waals surface area (Å²) in [6.45, 7) is 1.06. The van der Waals surface area contributed by atoms with Crippen LogP contribution in [-0.4, -0.2) is 42.3 Å². The van der Waals surface area contributed by atoms with Gasteiger partial charge in [0.1, 0.15) is 12.0 Å². The molecule has 3 aromatic rings. The van der Waals surface area contributed by atoms with E-state index in [0.29, 0.717) is 30.8 Å². The van der Waals surface area contributed by atoms with Crippen molar-refractivity contribution in [2.75, 3.05) is 24.3 Å². The van der Waals surface area contributed by atoms with E-state index in [4.69, 9.17) is 15.2 Å². The number of aromatic nitrogens is 1. The van der Waals surface area contributed by atoms with Crippen LogP contribution in [0.4, 0.5) is 10.8 Å². The largest absolute Gasteiger partial charge is 0.493 e. The third-order valence-electron chi connectivity index (χ3n) is 6.49. The standard InChI is InChI=1S/C26H30N4O3S/c27-25-29-22(16-34-25)13-26(17-33-26)30-20-8-6-18(7-9-20)12-21-10-11-24(28-21)19(14-31)15-32-23-4-2-1-3-5-23/h1-9,14,16,19,21,24,28,30H,10-13,15,17H2,(H2,27,29). The van der Waals surface area contributed by atoms with Gasteiger partial charge in [0.05, 0.1) is 24.8 Å². The van der Waals surface area contributed by atoms with Crippen LogP contribution in [0.5, 0.6) is 5.75 Å². The maximum Gasteiger partial charge on any atom is 0.180 e. The molecular weight excluding hydrogens is 448 g/mol. The Bertz CT molecular complexity index is 1080. The number of nitrogen functional groups attached to an aromatic ring is 1. The molecule has 34 heavy (non-hydrogen) atoms. The second kappa shape index (κ2) is 10.1. The van der Waals surface area contributed by atoms with E-state index in [2.05, 4.69) is 39.9 Å². The summed E-state index contributed by atoms with van der Waals surface area (Å²) in [5.41, 5.74) is 8.61. The topological polar surface area (TPSA) is 102 Å². The third-order valence-corrected chi connectivity index (χ3v) is 7.21. The highest BCUT2D eigenvalue weighted by Crippen LogP contribution is 2.33. The molecule has 1 aromatic heterocycles. The molecule has 0 aliphatic carbocycles. The summed E-state index contributed by atoms with van der Waals surface area (Å²) in [6, 6.07) is 18.7. The van der Waals surface area contributed by atoms with E-state index in [1.807, 2.05) is 35.7 Å². The lowest BCUT2D eigenvalue weighted by Crippen LogP contribution is -2.39. The minimum absolute atomic E-state index is 0.152. The predicted molar refractivity (Wildman–Crippen MR) is 134 cm³/mol.